The Morgan fingerprint density at radius 1 is 1.38 bits per heavy atom. The van der Waals surface area contributed by atoms with E-state index in [9.17, 15) is 0 Å². The van der Waals surface area contributed by atoms with Gasteiger partial charge in [-0.15, -0.1) is 0 Å². The van der Waals surface area contributed by atoms with Crippen molar-refractivity contribution in [3.63, 3.8) is 0 Å². The summed E-state index contributed by atoms with van der Waals surface area (Å²) in [5.74, 6) is 0. The Morgan fingerprint density at radius 2 is 2.14 bits per heavy atom. The lowest BCUT2D eigenvalue weighted by molar-refractivity contribution is 0.643. The first-order valence-electron chi connectivity index (χ1n) is 6.84. The van der Waals surface area contributed by atoms with Gasteiger partial charge in [0.05, 0.1) is 11.6 Å². The van der Waals surface area contributed by atoms with Crippen LogP contribution >= 0.6 is 23.8 Å². The number of nitrogens with one attached hydrogen (secondary N) is 2. The van der Waals surface area contributed by atoms with Crippen molar-refractivity contribution in [3.05, 3.63) is 46.2 Å². The van der Waals surface area contributed by atoms with Gasteiger partial charge in [-0.1, -0.05) is 23.7 Å². The summed E-state index contributed by atoms with van der Waals surface area (Å²) in [7, 11) is 0. The third kappa shape index (κ3) is 3.95. The predicted octanol–water partition coefficient (Wildman–Crippen LogP) is 3.66. The summed E-state index contributed by atoms with van der Waals surface area (Å²) >= 11 is 11.4. The molecule has 0 amide bonds. The molecule has 1 aromatic heterocycles. The van der Waals surface area contributed by atoms with Gasteiger partial charge in [0.1, 0.15) is 5.69 Å². The average Bonchev–Trinajstić information content (AvgIpc) is 2.82. The number of halogens is 1. The maximum Gasteiger partial charge on any atom is 0.171 e. The van der Waals surface area contributed by atoms with E-state index in [1.807, 2.05) is 25.3 Å². The molecule has 2 N–H and O–H groups in total. The molecule has 1 heterocycles. The third-order valence-electron chi connectivity index (χ3n) is 3.38. The third-order valence-corrected chi connectivity index (χ3v) is 3.94. The number of rotatable bonds is 4. The maximum absolute atomic E-state index is 6.13. The highest BCUT2D eigenvalue weighted by atomic mass is 35.5. The van der Waals surface area contributed by atoms with Crippen molar-refractivity contribution in [2.75, 3.05) is 5.32 Å². The van der Waals surface area contributed by atoms with Crippen LogP contribution < -0.4 is 10.6 Å². The topological polar surface area (TPSA) is 41.9 Å². The van der Waals surface area contributed by atoms with Gasteiger partial charge in [-0.05, 0) is 50.2 Å². The fourth-order valence-electron chi connectivity index (χ4n) is 1.94. The molecule has 0 bridgehead atoms. The molecule has 2 aromatic rings. The van der Waals surface area contributed by atoms with Crippen molar-refractivity contribution in [3.8, 4) is 0 Å². The number of hydrogen-bond acceptors (Lipinski definition) is 2. The summed E-state index contributed by atoms with van der Waals surface area (Å²) in [4.78, 5) is 0. The lowest BCUT2D eigenvalue weighted by Crippen LogP contribution is -2.28. The Kier molecular flexibility index (Phi) is 5.20. The van der Waals surface area contributed by atoms with E-state index in [0.29, 0.717) is 16.7 Å². The van der Waals surface area contributed by atoms with Crippen LogP contribution in [0.3, 0.4) is 0 Å². The molecule has 0 aliphatic rings. The summed E-state index contributed by atoms with van der Waals surface area (Å²) in [6, 6.07) is 6.09. The maximum atomic E-state index is 6.13. The van der Waals surface area contributed by atoms with Crippen LogP contribution in [0.5, 0.6) is 0 Å². The summed E-state index contributed by atoms with van der Waals surface area (Å²) in [6.45, 7) is 7.47. The minimum atomic E-state index is 0.503. The number of anilines is 1. The van der Waals surface area contributed by atoms with Gasteiger partial charge in [-0.2, -0.15) is 5.10 Å². The molecule has 0 radical (unpaired) electrons. The standard InChI is InChI=1S/C15H19ClN4S/c1-4-20-9-12(16)14(19-20)8-17-15(21)18-13-7-5-6-10(2)11(13)3/h5-7,9H,4,8H2,1-3H3,(H2,17,18,21). The van der Waals surface area contributed by atoms with Gasteiger partial charge in [-0.25, -0.2) is 0 Å². The van der Waals surface area contributed by atoms with E-state index in [0.717, 1.165) is 17.9 Å². The van der Waals surface area contributed by atoms with Gasteiger partial charge in [0.25, 0.3) is 0 Å². The molecule has 0 fully saturated rings. The van der Waals surface area contributed by atoms with Crippen LogP contribution in [-0.4, -0.2) is 14.9 Å². The minimum absolute atomic E-state index is 0.503. The lowest BCUT2D eigenvalue weighted by atomic mass is 10.1. The first-order chi connectivity index (χ1) is 10.0. The monoisotopic (exact) mass is 322 g/mol. The van der Waals surface area contributed by atoms with Gasteiger partial charge in [0.15, 0.2) is 5.11 Å². The molecular weight excluding hydrogens is 304 g/mol. The zero-order valence-electron chi connectivity index (χ0n) is 12.4. The summed E-state index contributed by atoms with van der Waals surface area (Å²) in [5, 5.41) is 11.9. The molecular formula is C15H19ClN4S. The quantitative estimate of drug-likeness (QED) is 0.843. The van der Waals surface area contributed by atoms with Crippen LogP contribution in [0.15, 0.2) is 24.4 Å². The van der Waals surface area contributed by atoms with E-state index in [2.05, 4.69) is 35.6 Å². The van der Waals surface area contributed by atoms with E-state index in [1.54, 1.807) is 4.68 Å². The first kappa shape index (κ1) is 15.8. The van der Waals surface area contributed by atoms with Gasteiger partial charge in [0, 0.05) is 18.4 Å². The molecule has 0 unspecified atom stereocenters. The van der Waals surface area contributed by atoms with Crippen LogP contribution in [0.1, 0.15) is 23.7 Å². The van der Waals surface area contributed by atoms with Gasteiger partial charge in [0.2, 0.25) is 0 Å². The Morgan fingerprint density at radius 3 is 2.81 bits per heavy atom. The van der Waals surface area contributed by atoms with Crippen LogP contribution in [0.4, 0.5) is 5.69 Å². The fraction of sp³-hybridized carbons (Fsp3) is 0.333. The Bertz CT molecular complexity index is 651. The molecule has 0 aliphatic carbocycles. The SMILES string of the molecule is CCn1cc(Cl)c(CNC(=S)Nc2cccc(C)c2C)n1. The van der Waals surface area contributed by atoms with Crippen LogP contribution in [0.2, 0.25) is 5.02 Å². The van der Waals surface area contributed by atoms with Crippen molar-refractivity contribution in [2.24, 2.45) is 0 Å². The molecule has 0 saturated heterocycles. The zero-order chi connectivity index (χ0) is 15.4. The minimum Gasteiger partial charge on any atom is -0.357 e. The van der Waals surface area contributed by atoms with Crippen LogP contribution in [0, 0.1) is 13.8 Å². The van der Waals surface area contributed by atoms with Gasteiger partial charge in [-0.3, -0.25) is 4.68 Å². The lowest BCUT2D eigenvalue weighted by Gasteiger charge is -2.13. The number of thiocarbonyl (C=S) groups is 1. The predicted molar refractivity (Wildman–Crippen MR) is 91.9 cm³/mol. The van der Waals surface area contributed by atoms with Crippen molar-refractivity contribution in [1.29, 1.82) is 0 Å². The largest absolute Gasteiger partial charge is 0.357 e. The smallest absolute Gasteiger partial charge is 0.171 e. The van der Waals surface area contributed by atoms with E-state index >= 15 is 0 Å². The van der Waals surface area contributed by atoms with Crippen molar-refractivity contribution in [1.82, 2.24) is 15.1 Å². The van der Waals surface area contributed by atoms with E-state index in [-0.39, 0.29) is 0 Å². The van der Waals surface area contributed by atoms with Gasteiger partial charge < -0.3 is 10.6 Å². The number of aromatic nitrogens is 2. The highest BCUT2D eigenvalue weighted by Crippen LogP contribution is 2.18. The highest BCUT2D eigenvalue weighted by Gasteiger charge is 2.07. The number of hydrogen-bond donors (Lipinski definition) is 2. The normalized spacial score (nSPS) is 10.5. The summed E-state index contributed by atoms with van der Waals surface area (Å²) in [5.41, 5.74) is 4.23. The Hall–Kier alpha value is -1.59. The molecule has 1 aromatic carbocycles. The molecule has 6 heteroatoms. The van der Waals surface area contributed by atoms with Crippen LogP contribution in [-0.2, 0) is 13.1 Å². The van der Waals surface area contributed by atoms with E-state index < -0.39 is 0 Å². The second-order valence-electron chi connectivity index (χ2n) is 4.83. The zero-order valence-corrected chi connectivity index (χ0v) is 14.0. The second kappa shape index (κ2) is 6.91. The molecule has 21 heavy (non-hydrogen) atoms. The number of nitrogens with zero attached hydrogens (tertiary/aromatic N) is 2. The Balaban J connectivity index is 1.96. The molecule has 4 nitrogen and oxygen atoms in total. The van der Waals surface area contributed by atoms with Crippen molar-refractivity contribution in [2.45, 2.75) is 33.9 Å². The fourth-order valence-corrected chi connectivity index (χ4v) is 2.34. The molecule has 2 rings (SSSR count). The first-order valence-corrected chi connectivity index (χ1v) is 7.62. The van der Waals surface area contributed by atoms with E-state index in [1.165, 1.54) is 11.1 Å². The molecule has 0 atom stereocenters. The number of aryl methyl sites for hydroxylation is 2. The molecule has 0 spiro atoms. The molecule has 112 valence electrons. The average molecular weight is 323 g/mol. The number of benzene rings is 1. The highest BCUT2D eigenvalue weighted by molar-refractivity contribution is 7.80. The van der Waals surface area contributed by atoms with E-state index in [4.69, 9.17) is 23.8 Å². The Labute approximate surface area is 135 Å². The van der Waals surface area contributed by atoms with Crippen molar-refractivity contribution >= 4 is 34.6 Å². The molecule has 0 aliphatic heterocycles. The van der Waals surface area contributed by atoms with Crippen LogP contribution in [0.25, 0.3) is 0 Å². The summed E-state index contributed by atoms with van der Waals surface area (Å²) < 4.78 is 1.81. The second-order valence-corrected chi connectivity index (χ2v) is 5.65. The van der Waals surface area contributed by atoms with Gasteiger partial charge >= 0.3 is 0 Å². The van der Waals surface area contributed by atoms with Crippen molar-refractivity contribution < 1.29 is 0 Å². The molecule has 0 saturated carbocycles. The summed E-state index contributed by atoms with van der Waals surface area (Å²) in [6.07, 6.45) is 1.82.